The van der Waals surface area contributed by atoms with E-state index in [1.807, 2.05) is 46.1 Å². The van der Waals surface area contributed by atoms with E-state index in [2.05, 4.69) is 24.0 Å². The van der Waals surface area contributed by atoms with Crippen molar-refractivity contribution < 1.29 is 5.11 Å². The molecule has 2 heteroatoms. The summed E-state index contributed by atoms with van der Waals surface area (Å²) in [5.74, 6) is 0. The lowest BCUT2D eigenvalue weighted by molar-refractivity contribution is -0.0681. The summed E-state index contributed by atoms with van der Waals surface area (Å²) in [5, 5.41) is 10.3. The molecule has 0 bridgehead atoms. The number of benzene rings is 1. The van der Waals surface area contributed by atoms with Crippen molar-refractivity contribution in [2.75, 3.05) is 14.1 Å². The van der Waals surface area contributed by atoms with E-state index in [-0.39, 0.29) is 5.54 Å². The van der Waals surface area contributed by atoms with Gasteiger partial charge in [0.05, 0.1) is 11.1 Å². The van der Waals surface area contributed by atoms with E-state index < -0.39 is 5.60 Å². The summed E-state index contributed by atoms with van der Waals surface area (Å²) in [6.45, 7) is 5.75. The molecule has 0 spiro atoms. The molecule has 15 heavy (non-hydrogen) atoms. The van der Waals surface area contributed by atoms with Crippen molar-refractivity contribution in [1.82, 2.24) is 4.90 Å². The molecule has 0 saturated carbocycles. The van der Waals surface area contributed by atoms with Gasteiger partial charge in [-0.25, -0.2) is 0 Å². The minimum Gasteiger partial charge on any atom is -0.388 e. The highest BCUT2D eigenvalue weighted by molar-refractivity contribution is 5.27. The molecule has 0 aliphatic rings. The predicted octanol–water partition coefficient (Wildman–Crippen LogP) is 2.23. The van der Waals surface area contributed by atoms with Crippen molar-refractivity contribution in [3.8, 4) is 0 Å². The van der Waals surface area contributed by atoms with E-state index in [0.717, 1.165) is 5.56 Å². The van der Waals surface area contributed by atoms with E-state index in [0.29, 0.717) is 0 Å². The van der Waals surface area contributed by atoms with E-state index in [1.54, 1.807) is 0 Å². The summed E-state index contributed by atoms with van der Waals surface area (Å²) in [4.78, 5) is 2.06. The van der Waals surface area contributed by atoms with Crippen LogP contribution in [-0.2, 0) is 5.54 Å². The van der Waals surface area contributed by atoms with Gasteiger partial charge in [0.2, 0.25) is 0 Å². The maximum atomic E-state index is 10.3. The number of nitrogens with zero attached hydrogens (tertiary/aromatic N) is 1. The Hall–Kier alpha value is -0.860. The highest BCUT2D eigenvalue weighted by atomic mass is 16.3. The average Bonchev–Trinajstić information content (AvgIpc) is 2.16. The first-order valence-electron chi connectivity index (χ1n) is 5.25. The van der Waals surface area contributed by atoms with Crippen LogP contribution in [0.25, 0.3) is 0 Å². The fourth-order valence-corrected chi connectivity index (χ4v) is 1.92. The fraction of sp³-hybridized carbons (Fsp3) is 0.538. The molecule has 1 aromatic rings. The normalized spacial score (nSPS) is 16.5. The van der Waals surface area contributed by atoms with Crippen molar-refractivity contribution >= 4 is 0 Å². The Labute approximate surface area is 92.5 Å². The second-order valence-corrected chi connectivity index (χ2v) is 4.89. The molecule has 0 amide bonds. The third kappa shape index (κ3) is 2.06. The summed E-state index contributed by atoms with van der Waals surface area (Å²) in [5.41, 5.74) is -0.0472. The monoisotopic (exact) mass is 207 g/mol. The lowest BCUT2D eigenvalue weighted by Gasteiger charge is -2.46. The van der Waals surface area contributed by atoms with Crippen LogP contribution in [0.15, 0.2) is 30.3 Å². The van der Waals surface area contributed by atoms with Gasteiger partial charge in [0.1, 0.15) is 0 Å². The zero-order chi connectivity index (χ0) is 11.7. The summed E-state index contributed by atoms with van der Waals surface area (Å²) < 4.78 is 0. The Bertz CT molecular complexity index is 313. The van der Waals surface area contributed by atoms with Crippen LogP contribution in [-0.4, -0.2) is 29.7 Å². The molecular weight excluding hydrogens is 186 g/mol. The number of aliphatic hydroxyl groups is 1. The van der Waals surface area contributed by atoms with Crippen molar-refractivity contribution in [3.05, 3.63) is 35.9 Å². The minimum atomic E-state index is -0.794. The second-order valence-electron chi connectivity index (χ2n) is 4.89. The van der Waals surface area contributed by atoms with Gasteiger partial charge >= 0.3 is 0 Å². The Balaban J connectivity index is 3.26. The van der Waals surface area contributed by atoms with Gasteiger partial charge < -0.3 is 5.11 Å². The van der Waals surface area contributed by atoms with Crippen molar-refractivity contribution in [1.29, 1.82) is 0 Å². The topological polar surface area (TPSA) is 23.5 Å². The molecule has 0 heterocycles. The zero-order valence-corrected chi connectivity index (χ0v) is 10.3. The summed E-state index contributed by atoms with van der Waals surface area (Å²) in [7, 11) is 3.98. The van der Waals surface area contributed by atoms with Crippen molar-refractivity contribution in [3.63, 3.8) is 0 Å². The lowest BCUT2D eigenvalue weighted by Crippen LogP contribution is -2.54. The molecule has 1 rings (SSSR count). The first kappa shape index (κ1) is 12.2. The van der Waals surface area contributed by atoms with E-state index in [1.165, 1.54) is 0 Å². The van der Waals surface area contributed by atoms with Gasteiger partial charge in [-0.2, -0.15) is 0 Å². The second kappa shape index (κ2) is 3.95. The van der Waals surface area contributed by atoms with Crippen LogP contribution in [0.4, 0.5) is 0 Å². The first-order valence-corrected chi connectivity index (χ1v) is 5.25. The fourth-order valence-electron chi connectivity index (χ4n) is 1.92. The van der Waals surface area contributed by atoms with Gasteiger partial charge in [0.15, 0.2) is 0 Å². The van der Waals surface area contributed by atoms with Crippen LogP contribution in [0.2, 0.25) is 0 Å². The molecule has 0 radical (unpaired) electrons. The molecule has 0 aliphatic heterocycles. The molecule has 2 nitrogen and oxygen atoms in total. The van der Waals surface area contributed by atoms with Crippen LogP contribution in [0.1, 0.15) is 26.3 Å². The predicted molar refractivity (Wildman–Crippen MR) is 63.8 cm³/mol. The van der Waals surface area contributed by atoms with Crippen LogP contribution in [0.3, 0.4) is 0 Å². The molecule has 84 valence electrons. The summed E-state index contributed by atoms with van der Waals surface area (Å²) in [6.07, 6.45) is 0. The van der Waals surface area contributed by atoms with E-state index in [4.69, 9.17) is 0 Å². The Morgan fingerprint density at radius 3 is 1.80 bits per heavy atom. The third-order valence-corrected chi connectivity index (χ3v) is 3.42. The number of hydrogen-bond donors (Lipinski definition) is 1. The number of hydrogen-bond acceptors (Lipinski definition) is 2. The molecule has 0 aromatic heterocycles. The Morgan fingerprint density at radius 1 is 1.00 bits per heavy atom. The van der Waals surface area contributed by atoms with Crippen LogP contribution >= 0.6 is 0 Å². The van der Waals surface area contributed by atoms with Gasteiger partial charge in [0.25, 0.3) is 0 Å². The Morgan fingerprint density at radius 2 is 1.47 bits per heavy atom. The smallest absolute Gasteiger partial charge is 0.0813 e. The third-order valence-electron chi connectivity index (χ3n) is 3.42. The highest BCUT2D eigenvalue weighted by Gasteiger charge is 2.42. The zero-order valence-electron chi connectivity index (χ0n) is 10.3. The minimum absolute atomic E-state index is 0.381. The molecule has 0 fully saturated rings. The molecule has 1 aromatic carbocycles. The quantitative estimate of drug-likeness (QED) is 0.821. The molecule has 0 unspecified atom stereocenters. The number of rotatable bonds is 3. The largest absolute Gasteiger partial charge is 0.388 e. The standard InChI is InChI=1S/C13H21NO/c1-12(2,15)13(3,14(4)5)11-9-7-6-8-10-11/h6-10,15H,1-5H3/t13-/m0/s1. The molecule has 1 N–H and O–H groups in total. The van der Waals surface area contributed by atoms with Crippen LogP contribution in [0.5, 0.6) is 0 Å². The Kier molecular flexibility index (Phi) is 3.22. The molecule has 0 aliphatic carbocycles. The van der Waals surface area contributed by atoms with Crippen molar-refractivity contribution in [2.45, 2.75) is 31.9 Å². The van der Waals surface area contributed by atoms with Gasteiger partial charge in [-0.05, 0) is 40.4 Å². The molecule has 0 saturated heterocycles. The van der Waals surface area contributed by atoms with Crippen molar-refractivity contribution in [2.24, 2.45) is 0 Å². The van der Waals surface area contributed by atoms with E-state index in [9.17, 15) is 5.11 Å². The summed E-state index contributed by atoms with van der Waals surface area (Å²) >= 11 is 0. The van der Waals surface area contributed by atoms with Gasteiger partial charge in [-0.15, -0.1) is 0 Å². The maximum absolute atomic E-state index is 10.3. The average molecular weight is 207 g/mol. The first-order chi connectivity index (χ1) is 6.80. The maximum Gasteiger partial charge on any atom is 0.0813 e. The van der Waals surface area contributed by atoms with Gasteiger partial charge in [0, 0.05) is 0 Å². The number of likely N-dealkylation sites (N-methyl/N-ethyl adjacent to an activating group) is 1. The van der Waals surface area contributed by atoms with Gasteiger partial charge in [-0.3, -0.25) is 4.90 Å². The molecular formula is C13H21NO. The van der Waals surface area contributed by atoms with Crippen LogP contribution < -0.4 is 0 Å². The van der Waals surface area contributed by atoms with Crippen LogP contribution in [0, 0.1) is 0 Å². The van der Waals surface area contributed by atoms with Gasteiger partial charge in [-0.1, -0.05) is 30.3 Å². The summed E-state index contributed by atoms with van der Waals surface area (Å²) in [6, 6.07) is 10.1. The highest BCUT2D eigenvalue weighted by Crippen LogP contribution is 2.36. The van der Waals surface area contributed by atoms with E-state index >= 15 is 0 Å². The molecule has 1 atom stereocenters. The lowest BCUT2D eigenvalue weighted by atomic mass is 9.77. The SMILES string of the molecule is CN(C)[C@@](C)(c1ccccc1)C(C)(C)O.